The molecule has 10 heteroatoms. The van der Waals surface area contributed by atoms with Crippen molar-refractivity contribution in [3.8, 4) is 5.75 Å². The van der Waals surface area contributed by atoms with E-state index in [-0.39, 0.29) is 10.7 Å². The van der Waals surface area contributed by atoms with Gasteiger partial charge in [0.05, 0.1) is 4.90 Å². The number of aromatic nitrogens is 2. The zero-order valence-corrected chi connectivity index (χ0v) is 11.4. The number of benzene rings is 1. The van der Waals surface area contributed by atoms with Gasteiger partial charge < -0.3 is 4.74 Å². The lowest BCUT2D eigenvalue weighted by atomic mass is 10.3. The van der Waals surface area contributed by atoms with E-state index in [4.69, 9.17) is 0 Å². The number of hydrogen-bond acceptors (Lipinski definition) is 4. The molecular formula is C11H10F3N3O3S. The molecule has 0 aliphatic rings. The Morgan fingerprint density at radius 1 is 1.29 bits per heavy atom. The minimum absolute atomic E-state index is 0.0552. The van der Waals surface area contributed by atoms with Gasteiger partial charge in [-0.3, -0.25) is 9.40 Å². The lowest BCUT2D eigenvalue weighted by Gasteiger charge is -2.10. The first-order valence-electron chi connectivity index (χ1n) is 5.54. The van der Waals surface area contributed by atoms with Gasteiger partial charge in [-0.05, 0) is 12.1 Å². The molecule has 2 rings (SSSR count). The first-order valence-corrected chi connectivity index (χ1v) is 7.02. The summed E-state index contributed by atoms with van der Waals surface area (Å²) in [5, 5.41) is 3.82. The van der Waals surface area contributed by atoms with Gasteiger partial charge in [-0.15, -0.1) is 13.2 Å². The molecule has 0 aliphatic heterocycles. The molecule has 0 fully saturated rings. The molecule has 1 heterocycles. The van der Waals surface area contributed by atoms with E-state index in [1.807, 2.05) is 0 Å². The molecule has 0 radical (unpaired) electrons. The maximum absolute atomic E-state index is 12.1. The van der Waals surface area contributed by atoms with E-state index in [0.29, 0.717) is 0 Å². The van der Waals surface area contributed by atoms with Gasteiger partial charge >= 0.3 is 6.36 Å². The van der Waals surface area contributed by atoms with Gasteiger partial charge in [-0.1, -0.05) is 6.07 Å². The fourth-order valence-corrected chi connectivity index (χ4v) is 2.54. The van der Waals surface area contributed by atoms with Crippen LogP contribution in [0.1, 0.15) is 0 Å². The van der Waals surface area contributed by atoms with Gasteiger partial charge in [-0.2, -0.15) is 5.10 Å². The van der Waals surface area contributed by atoms with Crippen LogP contribution in [0.4, 0.5) is 19.0 Å². The molecule has 0 bridgehead atoms. The highest BCUT2D eigenvalue weighted by molar-refractivity contribution is 7.92. The molecule has 0 unspecified atom stereocenters. The molecule has 0 saturated heterocycles. The second kappa shape index (κ2) is 5.28. The average Bonchev–Trinajstić information content (AvgIpc) is 2.72. The van der Waals surface area contributed by atoms with Crippen LogP contribution in [-0.2, 0) is 17.1 Å². The van der Waals surface area contributed by atoms with Crippen molar-refractivity contribution >= 4 is 15.8 Å². The molecule has 1 aromatic carbocycles. The van der Waals surface area contributed by atoms with E-state index in [1.54, 1.807) is 7.05 Å². The second-order valence-corrected chi connectivity index (χ2v) is 5.69. The largest absolute Gasteiger partial charge is 0.573 e. The highest BCUT2D eigenvalue weighted by Crippen LogP contribution is 2.25. The number of ether oxygens (including phenoxy) is 1. The Morgan fingerprint density at radius 2 is 2.00 bits per heavy atom. The summed E-state index contributed by atoms with van der Waals surface area (Å²) in [4.78, 5) is -0.366. The molecule has 1 N–H and O–H groups in total. The summed E-state index contributed by atoms with van der Waals surface area (Å²) in [5.41, 5.74) is 0. The molecular weight excluding hydrogens is 311 g/mol. The summed E-state index contributed by atoms with van der Waals surface area (Å²) < 4.78 is 67.6. The summed E-state index contributed by atoms with van der Waals surface area (Å²) in [6, 6.07) is 5.49. The van der Waals surface area contributed by atoms with Crippen molar-refractivity contribution in [2.45, 2.75) is 11.3 Å². The van der Waals surface area contributed by atoms with Crippen LogP contribution in [0.2, 0.25) is 0 Å². The molecule has 114 valence electrons. The zero-order valence-electron chi connectivity index (χ0n) is 10.6. The molecule has 6 nitrogen and oxygen atoms in total. The second-order valence-electron chi connectivity index (χ2n) is 4.00. The van der Waals surface area contributed by atoms with Crippen LogP contribution >= 0.6 is 0 Å². The molecule has 1 aromatic heterocycles. The predicted octanol–water partition coefficient (Wildman–Crippen LogP) is 2.12. The SMILES string of the molecule is Cn1ccc(NS(=O)(=O)c2cccc(OC(F)(F)F)c2)n1. The van der Waals surface area contributed by atoms with Gasteiger partial charge in [0.15, 0.2) is 5.82 Å². The Labute approximate surface area is 118 Å². The van der Waals surface area contributed by atoms with Crippen LogP contribution in [0.5, 0.6) is 5.75 Å². The van der Waals surface area contributed by atoms with Crippen LogP contribution in [-0.4, -0.2) is 24.6 Å². The Hall–Kier alpha value is -2.23. The summed E-state index contributed by atoms with van der Waals surface area (Å²) in [6.07, 6.45) is -3.38. The fraction of sp³-hybridized carbons (Fsp3) is 0.182. The van der Waals surface area contributed by atoms with Crippen molar-refractivity contribution in [3.05, 3.63) is 36.5 Å². The number of nitrogens with zero attached hydrogens (tertiary/aromatic N) is 2. The quantitative estimate of drug-likeness (QED) is 0.936. The number of alkyl halides is 3. The van der Waals surface area contributed by atoms with Crippen LogP contribution in [0.25, 0.3) is 0 Å². The van der Waals surface area contributed by atoms with Gasteiger partial charge in [0.1, 0.15) is 5.75 Å². The van der Waals surface area contributed by atoms with E-state index in [2.05, 4.69) is 14.6 Å². The number of nitrogens with one attached hydrogen (secondary N) is 1. The molecule has 0 saturated carbocycles. The van der Waals surface area contributed by atoms with Crippen molar-refractivity contribution in [2.75, 3.05) is 4.72 Å². The summed E-state index contributed by atoms with van der Waals surface area (Å²) in [5.74, 6) is -0.564. The van der Waals surface area contributed by atoms with Crippen molar-refractivity contribution < 1.29 is 26.3 Å². The first kappa shape index (κ1) is 15.2. The topological polar surface area (TPSA) is 73.2 Å². The third-order valence-electron chi connectivity index (χ3n) is 2.30. The molecule has 0 atom stereocenters. The minimum atomic E-state index is -4.89. The molecule has 21 heavy (non-hydrogen) atoms. The highest BCUT2D eigenvalue weighted by atomic mass is 32.2. The number of halogens is 3. The summed E-state index contributed by atoms with van der Waals surface area (Å²) in [6.45, 7) is 0. The molecule has 0 aliphatic carbocycles. The summed E-state index contributed by atoms with van der Waals surface area (Å²) in [7, 11) is -2.46. The van der Waals surface area contributed by atoms with Crippen molar-refractivity contribution in [2.24, 2.45) is 7.05 Å². The van der Waals surface area contributed by atoms with Gasteiger partial charge in [0, 0.05) is 25.4 Å². The monoisotopic (exact) mass is 321 g/mol. The predicted molar refractivity (Wildman–Crippen MR) is 67.1 cm³/mol. The lowest BCUT2D eigenvalue weighted by Crippen LogP contribution is -2.18. The lowest BCUT2D eigenvalue weighted by molar-refractivity contribution is -0.274. The van der Waals surface area contributed by atoms with E-state index >= 15 is 0 Å². The Bertz CT molecular complexity index is 740. The number of hydrogen-bond donors (Lipinski definition) is 1. The maximum atomic E-state index is 12.1. The van der Waals surface area contributed by atoms with E-state index in [9.17, 15) is 21.6 Å². The first-order chi connectivity index (χ1) is 9.66. The number of rotatable bonds is 4. The molecule has 0 spiro atoms. The highest BCUT2D eigenvalue weighted by Gasteiger charge is 2.31. The van der Waals surface area contributed by atoms with E-state index in [1.165, 1.54) is 16.9 Å². The van der Waals surface area contributed by atoms with E-state index < -0.39 is 22.1 Å². The standard InChI is InChI=1S/C11H10F3N3O3S/c1-17-6-5-10(15-17)16-21(18,19)9-4-2-3-8(7-9)20-11(12,13)14/h2-7H,1H3,(H,15,16). The van der Waals surface area contributed by atoms with Gasteiger partial charge in [0.2, 0.25) is 0 Å². The Kier molecular flexibility index (Phi) is 3.81. The fourth-order valence-electron chi connectivity index (χ4n) is 1.50. The summed E-state index contributed by atoms with van der Waals surface area (Å²) >= 11 is 0. The van der Waals surface area contributed by atoms with Crippen LogP contribution in [0.15, 0.2) is 41.4 Å². The smallest absolute Gasteiger partial charge is 0.406 e. The third-order valence-corrected chi connectivity index (χ3v) is 3.65. The Morgan fingerprint density at radius 3 is 2.57 bits per heavy atom. The van der Waals surface area contributed by atoms with Crippen LogP contribution in [0, 0.1) is 0 Å². The zero-order chi connectivity index (χ0) is 15.7. The number of anilines is 1. The molecule has 2 aromatic rings. The maximum Gasteiger partial charge on any atom is 0.573 e. The van der Waals surface area contributed by atoms with Crippen LogP contribution in [0.3, 0.4) is 0 Å². The average molecular weight is 321 g/mol. The Balaban J connectivity index is 2.26. The number of aryl methyl sites for hydroxylation is 1. The third kappa shape index (κ3) is 4.12. The minimum Gasteiger partial charge on any atom is -0.406 e. The van der Waals surface area contributed by atoms with Crippen molar-refractivity contribution in [3.63, 3.8) is 0 Å². The van der Waals surface area contributed by atoms with Crippen molar-refractivity contribution in [1.82, 2.24) is 9.78 Å². The van der Waals surface area contributed by atoms with E-state index in [0.717, 1.165) is 24.3 Å². The van der Waals surface area contributed by atoms with Crippen molar-refractivity contribution in [1.29, 1.82) is 0 Å². The van der Waals surface area contributed by atoms with Gasteiger partial charge in [-0.25, -0.2) is 8.42 Å². The van der Waals surface area contributed by atoms with Crippen LogP contribution < -0.4 is 9.46 Å². The number of sulfonamides is 1. The van der Waals surface area contributed by atoms with Gasteiger partial charge in [0.25, 0.3) is 10.0 Å². The molecule has 0 amide bonds. The normalized spacial score (nSPS) is 12.2.